The molecule has 0 spiro atoms. The van der Waals surface area contributed by atoms with Crippen molar-refractivity contribution in [1.82, 2.24) is 0 Å². The predicted molar refractivity (Wildman–Crippen MR) is 79.6 cm³/mol. The predicted octanol–water partition coefficient (Wildman–Crippen LogP) is 3.57. The van der Waals surface area contributed by atoms with Gasteiger partial charge in [-0.15, -0.1) is 0 Å². The third-order valence-corrected chi connectivity index (χ3v) is 3.60. The van der Waals surface area contributed by atoms with Crippen molar-refractivity contribution >= 4 is 16.6 Å². The number of hydrogen-bond donors (Lipinski definition) is 0. The molecule has 0 saturated heterocycles. The van der Waals surface area contributed by atoms with Crippen molar-refractivity contribution in [3.05, 3.63) is 78.6 Å². The van der Waals surface area contributed by atoms with Crippen LogP contribution in [0, 0.1) is 0 Å². The molecule has 1 atom stereocenters. The van der Waals surface area contributed by atoms with Crippen LogP contribution in [0.5, 0.6) is 0 Å². The highest BCUT2D eigenvalue weighted by Crippen LogP contribution is 2.13. The Balaban J connectivity index is 1.96. The van der Waals surface area contributed by atoms with Gasteiger partial charge >= 0.3 is 0 Å². The van der Waals surface area contributed by atoms with Gasteiger partial charge in [-0.05, 0) is 11.5 Å². The van der Waals surface area contributed by atoms with Gasteiger partial charge in [0.1, 0.15) is 0 Å². The normalized spacial score (nSPS) is 12.2. The maximum absolute atomic E-state index is 12.5. The lowest BCUT2D eigenvalue weighted by molar-refractivity contribution is -0.703. The quantitative estimate of drug-likeness (QED) is 0.522. The Labute approximate surface area is 118 Å². The lowest BCUT2D eigenvalue weighted by Crippen LogP contribution is -2.41. The first-order chi connectivity index (χ1) is 9.75. The number of benzene rings is 2. The van der Waals surface area contributed by atoms with E-state index in [4.69, 9.17) is 0 Å². The van der Waals surface area contributed by atoms with Gasteiger partial charge in [-0.3, -0.25) is 4.79 Å². The summed E-state index contributed by atoms with van der Waals surface area (Å²) in [7, 11) is 0. The number of ketones is 1. The fraction of sp³-hybridized carbons (Fsp3) is 0.111. The summed E-state index contributed by atoms with van der Waals surface area (Å²) in [5, 5.41) is 2.32. The molecule has 0 bridgehead atoms. The van der Waals surface area contributed by atoms with Crippen LogP contribution < -0.4 is 4.57 Å². The average Bonchev–Trinajstić information content (AvgIpc) is 2.54. The Morgan fingerprint density at radius 3 is 2.30 bits per heavy atom. The van der Waals surface area contributed by atoms with Gasteiger partial charge < -0.3 is 0 Å². The topological polar surface area (TPSA) is 20.9 Å². The smallest absolute Gasteiger partial charge is 0.230 e. The Morgan fingerprint density at radius 1 is 0.900 bits per heavy atom. The molecule has 1 heterocycles. The second kappa shape index (κ2) is 5.25. The van der Waals surface area contributed by atoms with Gasteiger partial charge in [0.15, 0.2) is 12.4 Å². The highest BCUT2D eigenvalue weighted by Gasteiger charge is 2.23. The van der Waals surface area contributed by atoms with Crippen molar-refractivity contribution in [3.63, 3.8) is 0 Å². The van der Waals surface area contributed by atoms with Crippen LogP contribution in [0.3, 0.4) is 0 Å². The van der Waals surface area contributed by atoms with E-state index < -0.39 is 0 Å². The number of pyridine rings is 1. The van der Waals surface area contributed by atoms with E-state index in [2.05, 4.69) is 12.1 Å². The maximum Gasteiger partial charge on any atom is 0.230 e. The second-order valence-electron chi connectivity index (χ2n) is 4.93. The molecule has 0 unspecified atom stereocenters. The molecule has 3 aromatic rings. The van der Waals surface area contributed by atoms with Crippen molar-refractivity contribution in [2.24, 2.45) is 0 Å². The third kappa shape index (κ3) is 2.32. The summed E-state index contributed by atoms with van der Waals surface area (Å²) in [5.41, 5.74) is 0.751. The molecule has 20 heavy (non-hydrogen) atoms. The number of aromatic nitrogens is 1. The minimum absolute atomic E-state index is 0.130. The number of nitrogens with zero attached hydrogens (tertiary/aromatic N) is 1. The highest BCUT2D eigenvalue weighted by atomic mass is 16.1. The molecule has 2 heteroatoms. The van der Waals surface area contributed by atoms with Gasteiger partial charge in [0.2, 0.25) is 11.8 Å². The number of Topliss-reactive ketones (excluding diaryl/α,β-unsaturated/α-hetero) is 1. The molecule has 0 amide bonds. The summed E-state index contributed by atoms with van der Waals surface area (Å²) < 4.78 is 1.97. The fourth-order valence-corrected chi connectivity index (χ4v) is 2.37. The number of carbonyl (C=O) groups is 1. The van der Waals surface area contributed by atoms with Gasteiger partial charge in [-0.1, -0.05) is 48.5 Å². The van der Waals surface area contributed by atoms with Crippen molar-refractivity contribution in [3.8, 4) is 0 Å². The molecule has 0 fully saturated rings. The number of rotatable bonds is 3. The largest absolute Gasteiger partial charge is 0.287 e. The average molecular weight is 262 g/mol. The van der Waals surface area contributed by atoms with Gasteiger partial charge in [0.25, 0.3) is 0 Å². The van der Waals surface area contributed by atoms with E-state index in [1.807, 2.05) is 72.4 Å². The Hall–Kier alpha value is -2.48. The molecule has 0 aliphatic carbocycles. The fourth-order valence-electron chi connectivity index (χ4n) is 2.37. The molecule has 2 nitrogen and oxygen atoms in total. The lowest BCUT2D eigenvalue weighted by Gasteiger charge is -2.07. The zero-order valence-corrected chi connectivity index (χ0v) is 11.4. The van der Waals surface area contributed by atoms with Crippen molar-refractivity contribution in [2.45, 2.75) is 13.0 Å². The maximum atomic E-state index is 12.5. The van der Waals surface area contributed by atoms with Gasteiger partial charge in [0, 0.05) is 23.9 Å². The van der Waals surface area contributed by atoms with E-state index in [0.29, 0.717) is 0 Å². The SMILES string of the molecule is C[C@@H](C(=O)c1ccccc1)[n+]1ccc2ccccc2c1. The Morgan fingerprint density at radius 2 is 1.55 bits per heavy atom. The minimum Gasteiger partial charge on any atom is -0.287 e. The van der Waals surface area contributed by atoms with E-state index in [1.54, 1.807) is 0 Å². The molecule has 98 valence electrons. The van der Waals surface area contributed by atoms with E-state index in [1.165, 1.54) is 5.39 Å². The summed E-state index contributed by atoms with van der Waals surface area (Å²) in [6, 6.07) is 19.4. The summed E-state index contributed by atoms with van der Waals surface area (Å²) in [6.07, 6.45) is 3.99. The molecule has 0 N–H and O–H groups in total. The third-order valence-electron chi connectivity index (χ3n) is 3.60. The van der Waals surface area contributed by atoms with Crippen LogP contribution in [-0.4, -0.2) is 5.78 Å². The summed E-state index contributed by atoms with van der Waals surface area (Å²) >= 11 is 0. The summed E-state index contributed by atoms with van der Waals surface area (Å²) in [5.74, 6) is 0.130. The number of hydrogen-bond acceptors (Lipinski definition) is 1. The van der Waals surface area contributed by atoms with Crippen LogP contribution in [0.1, 0.15) is 23.3 Å². The highest BCUT2D eigenvalue weighted by molar-refractivity contribution is 5.97. The monoisotopic (exact) mass is 262 g/mol. The number of fused-ring (bicyclic) bond motifs is 1. The first-order valence-electron chi connectivity index (χ1n) is 6.74. The molecular formula is C18H16NO+. The summed E-state index contributed by atoms with van der Waals surface area (Å²) in [4.78, 5) is 12.5. The molecule has 3 rings (SSSR count). The van der Waals surface area contributed by atoms with E-state index in [0.717, 1.165) is 10.9 Å². The number of carbonyl (C=O) groups excluding carboxylic acids is 1. The standard InChI is InChI=1S/C18H16NO/c1-14(18(20)16-8-3-2-4-9-16)19-12-11-15-7-5-6-10-17(15)13-19/h2-14H,1H3/q+1/t14-/m0/s1. The van der Waals surface area contributed by atoms with Crippen LogP contribution >= 0.6 is 0 Å². The van der Waals surface area contributed by atoms with Gasteiger partial charge in [0.05, 0.1) is 0 Å². The zero-order valence-electron chi connectivity index (χ0n) is 11.4. The molecule has 1 aromatic heterocycles. The van der Waals surface area contributed by atoms with Crippen molar-refractivity contribution < 1.29 is 9.36 Å². The Kier molecular flexibility index (Phi) is 3.30. The van der Waals surface area contributed by atoms with Crippen LogP contribution in [0.25, 0.3) is 10.8 Å². The van der Waals surface area contributed by atoms with Crippen molar-refractivity contribution in [2.75, 3.05) is 0 Å². The van der Waals surface area contributed by atoms with Crippen molar-refractivity contribution in [1.29, 1.82) is 0 Å². The minimum atomic E-state index is -0.206. The van der Waals surface area contributed by atoms with E-state index >= 15 is 0 Å². The molecule has 0 saturated carbocycles. The first kappa shape index (κ1) is 12.5. The van der Waals surface area contributed by atoms with Crippen LogP contribution in [-0.2, 0) is 0 Å². The Bertz CT molecular complexity index is 749. The molecule has 0 aliphatic heterocycles. The van der Waals surface area contributed by atoms with Crippen LogP contribution in [0.2, 0.25) is 0 Å². The molecule has 0 aliphatic rings. The zero-order chi connectivity index (χ0) is 13.9. The molecular weight excluding hydrogens is 246 g/mol. The first-order valence-corrected chi connectivity index (χ1v) is 6.74. The second-order valence-corrected chi connectivity index (χ2v) is 4.93. The summed E-state index contributed by atoms with van der Waals surface area (Å²) in [6.45, 7) is 1.93. The van der Waals surface area contributed by atoms with E-state index in [9.17, 15) is 4.79 Å². The molecule has 2 aromatic carbocycles. The van der Waals surface area contributed by atoms with Crippen LogP contribution in [0.4, 0.5) is 0 Å². The molecule has 0 radical (unpaired) electrons. The van der Waals surface area contributed by atoms with Crippen LogP contribution in [0.15, 0.2) is 73.1 Å². The van der Waals surface area contributed by atoms with Gasteiger partial charge in [-0.25, -0.2) is 0 Å². The lowest BCUT2D eigenvalue weighted by atomic mass is 10.0. The van der Waals surface area contributed by atoms with E-state index in [-0.39, 0.29) is 11.8 Å². The van der Waals surface area contributed by atoms with Gasteiger partial charge in [-0.2, -0.15) is 4.57 Å².